The molecule has 0 atom stereocenters. The van der Waals surface area contributed by atoms with Crippen LogP contribution in [-0.2, 0) is 23.7 Å². The summed E-state index contributed by atoms with van der Waals surface area (Å²) in [6.07, 6.45) is -7.83. The van der Waals surface area contributed by atoms with Gasteiger partial charge in [0.1, 0.15) is 0 Å². The molecular formula is C16H17F6NO2. The van der Waals surface area contributed by atoms with Crippen LogP contribution in [0.4, 0.5) is 26.3 Å². The van der Waals surface area contributed by atoms with Gasteiger partial charge < -0.3 is 10.4 Å². The van der Waals surface area contributed by atoms with Crippen LogP contribution in [-0.4, -0.2) is 17.1 Å². The van der Waals surface area contributed by atoms with E-state index in [0.29, 0.717) is 37.8 Å². The van der Waals surface area contributed by atoms with E-state index in [1.54, 1.807) is 0 Å². The lowest BCUT2D eigenvalue weighted by molar-refractivity contribution is -0.144. The average Bonchev–Trinajstić information content (AvgIpc) is 2.51. The fourth-order valence-corrected chi connectivity index (χ4v) is 2.93. The number of aliphatic carboxylic acids is 1. The highest BCUT2D eigenvalue weighted by molar-refractivity contribution is 5.70. The predicted octanol–water partition coefficient (Wildman–Crippen LogP) is 4.46. The van der Waals surface area contributed by atoms with Gasteiger partial charge in [0, 0.05) is 12.6 Å². The molecule has 0 radical (unpaired) electrons. The molecule has 9 heteroatoms. The van der Waals surface area contributed by atoms with Crippen molar-refractivity contribution in [1.82, 2.24) is 5.32 Å². The number of hydrogen-bond donors (Lipinski definition) is 2. The molecule has 2 N–H and O–H groups in total. The van der Waals surface area contributed by atoms with Crippen LogP contribution < -0.4 is 5.32 Å². The summed E-state index contributed by atoms with van der Waals surface area (Å²) < 4.78 is 76.8. The fourth-order valence-electron chi connectivity index (χ4n) is 2.93. The lowest BCUT2D eigenvalue weighted by atomic mass is 9.86. The summed E-state index contributed by atoms with van der Waals surface area (Å²) in [4.78, 5) is 10.9. The Labute approximate surface area is 140 Å². The van der Waals surface area contributed by atoms with Crippen molar-refractivity contribution in [2.45, 2.75) is 50.6 Å². The first kappa shape index (κ1) is 19.6. The van der Waals surface area contributed by atoms with E-state index < -0.39 is 35.4 Å². The van der Waals surface area contributed by atoms with Crippen molar-refractivity contribution in [3.8, 4) is 0 Å². The molecule has 0 aromatic heterocycles. The summed E-state index contributed by atoms with van der Waals surface area (Å²) in [5, 5.41) is 11.8. The number of halogens is 6. The van der Waals surface area contributed by atoms with E-state index in [2.05, 4.69) is 5.32 Å². The van der Waals surface area contributed by atoms with Gasteiger partial charge in [0.05, 0.1) is 17.0 Å². The Kier molecular flexibility index (Phi) is 5.65. The Morgan fingerprint density at radius 3 is 1.84 bits per heavy atom. The van der Waals surface area contributed by atoms with Crippen LogP contribution in [0.2, 0.25) is 0 Å². The molecule has 140 valence electrons. The van der Waals surface area contributed by atoms with Gasteiger partial charge in [-0.05, 0) is 49.4 Å². The quantitative estimate of drug-likeness (QED) is 0.771. The lowest BCUT2D eigenvalue weighted by Crippen LogP contribution is -2.34. The molecule has 1 aliphatic rings. The number of carboxylic acid groups (broad SMARTS) is 1. The van der Waals surface area contributed by atoms with Gasteiger partial charge in [-0.3, -0.25) is 4.79 Å². The van der Waals surface area contributed by atoms with Crippen molar-refractivity contribution in [3.05, 3.63) is 34.9 Å². The van der Waals surface area contributed by atoms with E-state index in [4.69, 9.17) is 5.11 Å². The SMILES string of the molecule is O=C(O)C1CCC(NCc2cc(C(F)(F)F)cc(C(F)(F)F)c2)CC1. The van der Waals surface area contributed by atoms with E-state index in [0.717, 1.165) is 0 Å². The minimum atomic E-state index is -4.87. The monoisotopic (exact) mass is 369 g/mol. The number of benzene rings is 1. The van der Waals surface area contributed by atoms with Crippen molar-refractivity contribution in [2.75, 3.05) is 0 Å². The molecule has 0 saturated heterocycles. The van der Waals surface area contributed by atoms with Crippen LogP contribution >= 0.6 is 0 Å². The Morgan fingerprint density at radius 2 is 1.44 bits per heavy atom. The van der Waals surface area contributed by atoms with Gasteiger partial charge in [0.2, 0.25) is 0 Å². The van der Waals surface area contributed by atoms with Crippen LogP contribution in [0, 0.1) is 5.92 Å². The van der Waals surface area contributed by atoms with Crippen LogP contribution in [0.5, 0.6) is 0 Å². The summed E-state index contributed by atoms with van der Waals surface area (Å²) in [5.41, 5.74) is -2.79. The molecule has 2 rings (SSSR count). The third-order valence-electron chi connectivity index (χ3n) is 4.32. The second-order valence-electron chi connectivity index (χ2n) is 6.18. The zero-order valence-electron chi connectivity index (χ0n) is 13.0. The number of nitrogens with one attached hydrogen (secondary N) is 1. The van der Waals surface area contributed by atoms with Crippen LogP contribution in [0.25, 0.3) is 0 Å². The maximum atomic E-state index is 12.8. The van der Waals surface area contributed by atoms with Gasteiger partial charge in [-0.25, -0.2) is 0 Å². The van der Waals surface area contributed by atoms with Crippen molar-refractivity contribution < 1.29 is 36.2 Å². The van der Waals surface area contributed by atoms with Crippen molar-refractivity contribution in [1.29, 1.82) is 0 Å². The molecule has 3 nitrogen and oxygen atoms in total. The minimum Gasteiger partial charge on any atom is -0.481 e. The van der Waals surface area contributed by atoms with Crippen molar-refractivity contribution in [2.24, 2.45) is 5.92 Å². The van der Waals surface area contributed by atoms with E-state index in [9.17, 15) is 31.1 Å². The van der Waals surface area contributed by atoms with Crippen LogP contribution in [0.3, 0.4) is 0 Å². The van der Waals surface area contributed by atoms with E-state index in [1.807, 2.05) is 0 Å². The fraction of sp³-hybridized carbons (Fsp3) is 0.562. The summed E-state index contributed by atoms with van der Waals surface area (Å²) in [6, 6.07) is 1.37. The van der Waals surface area contributed by atoms with Crippen LogP contribution in [0.1, 0.15) is 42.4 Å². The predicted molar refractivity (Wildman–Crippen MR) is 76.7 cm³/mol. The Balaban J connectivity index is 2.08. The first-order chi connectivity index (χ1) is 11.5. The van der Waals surface area contributed by atoms with Gasteiger partial charge in [-0.2, -0.15) is 26.3 Å². The zero-order chi connectivity index (χ0) is 18.8. The van der Waals surface area contributed by atoms with Crippen molar-refractivity contribution in [3.63, 3.8) is 0 Å². The first-order valence-electron chi connectivity index (χ1n) is 7.71. The second-order valence-corrected chi connectivity index (χ2v) is 6.18. The molecule has 1 fully saturated rings. The molecule has 0 unspecified atom stereocenters. The maximum Gasteiger partial charge on any atom is 0.416 e. The van der Waals surface area contributed by atoms with Gasteiger partial charge in [-0.15, -0.1) is 0 Å². The highest BCUT2D eigenvalue weighted by Gasteiger charge is 2.37. The third kappa shape index (κ3) is 5.35. The highest BCUT2D eigenvalue weighted by atomic mass is 19.4. The zero-order valence-corrected chi connectivity index (χ0v) is 13.0. The molecule has 0 spiro atoms. The lowest BCUT2D eigenvalue weighted by Gasteiger charge is -2.27. The molecule has 0 bridgehead atoms. The summed E-state index contributed by atoms with van der Waals surface area (Å²) >= 11 is 0. The Morgan fingerprint density at radius 1 is 0.960 bits per heavy atom. The van der Waals surface area contributed by atoms with Gasteiger partial charge >= 0.3 is 18.3 Å². The van der Waals surface area contributed by atoms with Crippen LogP contribution in [0.15, 0.2) is 18.2 Å². The van der Waals surface area contributed by atoms with E-state index >= 15 is 0 Å². The number of hydrogen-bond acceptors (Lipinski definition) is 2. The van der Waals surface area contributed by atoms with E-state index in [1.165, 1.54) is 0 Å². The Bertz CT molecular complexity index is 586. The van der Waals surface area contributed by atoms with Crippen molar-refractivity contribution >= 4 is 5.97 Å². The number of carbonyl (C=O) groups is 1. The molecule has 1 aliphatic carbocycles. The molecule has 1 saturated carbocycles. The summed E-state index contributed by atoms with van der Waals surface area (Å²) in [7, 11) is 0. The molecule has 1 aromatic carbocycles. The summed E-state index contributed by atoms with van der Waals surface area (Å²) in [6.45, 7) is -0.143. The molecule has 0 heterocycles. The molecule has 0 amide bonds. The molecule has 25 heavy (non-hydrogen) atoms. The third-order valence-corrected chi connectivity index (χ3v) is 4.32. The Hall–Kier alpha value is -1.77. The highest BCUT2D eigenvalue weighted by Crippen LogP contribution is 2.36. The van der Waals surface area contributed by atoms with Gasteiger partial charge in [0.25, 0.3) is 0 Å². The number of rotatable bonds is 4. The first-order valence-corrected chi connectivity index (χ1v) is 7.71. The maximum absolute atomic E-state index is 12.8. The van der Waals surface area contributed by atoms with Gasteiger partial charge in [-0.1, -0.05) is 0 Å². The standard InChI is InChI=1S/C16H17F6NO2/c17-15(18,19)11-5-9(6-12(7-11)16(20,21)22)8-23-13-3-1-10(2-4-13)14(24)25/h5-7,10,13,23H,1-4,8H2,(H,24,25). The normalized spacial score (nSPS) is 22.0. The molecule has 1 aromatic rings. The summed E-state index contributed by atoms with van der Waals surface area (Å²) in [5.74, 6) is -1.32. The second kappa shape index (κ2) is 7.23. The average molecular weight is 369 g/mol. The largest absolute Gasteiger partial charge is 0.481 e. The molecular weight excluding hydrogens is 352 g/mol. The number of carboxylic acids is 1. The van der Waals surface area contributed by atoms with Gasteiger partial charge in [0.15, 0.2) is 0 Å². The smallest absolute Gasteiger partial charge is 0.416 e. The van der Waals surface area contributed by atoms with E-state index in [-0.39, 0.29) is 24.2 Å². The minimum absolute atomic E-state index is 0.0988. The molecule has 0 aliphatic heterocycles. The topological polar surface area (TPSA) is 49.3 Å². The number of alkyl halides is 6.